The number of aryl methyl sites for hydroxylation is 1. The minimum atomic E-state index is 0.0195. The van der Waals surface area contributed by atoms with Crippen LogP contribution in [-0.2, 0) is 30.7 Å². The third-order valence-corrected chi connectivity index (χ3v) is 4.46. The van der Waals surface area contributed by atoms with Gasteiger partial charge in [0.05, 0.1) is 17.9 Å². The predicted octanol–water partition coefficient (Wildman–Crippen LogP) is 0.458. The molecule has 0 bridgehead atoms. The van der Waals surface area contributed by atoms with Gasteiger partial charge < -0.3 is 10.6 Å². The quantitative estimate of drug-likeness (QED) is 0.560. The average molecular weight is 366 g/mol. The van der Waals surface area contributed by atoms with Crippen LogP contribution in [0, 0.1) is 0 Å². The largest absolute Gasteiger partial charge is 0.356 e. The number of hydrogen-bond donors (Lipinski definition) is 3. The lowest BCUT2D eigenvalue weighted by atomic mass is 10.2. The zero-order valence-corrected chi connectivity index (χ0v) is 15.0. The van der Waals surface area contributed by atoms with E-state index in [0.717, 1.165) is 36.7 Å². The molecule has 9 heteroatoms. The highest BCUT2D eigenvalue weighted by atomic mass is 16.1. The van der Waals surface area contributed by atoms with Crippen LogP contribution in [0.5, 0.6) is 0 Å². The molecule has 4 rings (SSSR count). The molecule has 0 saturated carbocycles. The zero-order chi connectivity index (χ0) is 18.5. The number of nitrogens with zero attached hydrogens (tertiary/aromatic N) is 5. The second-order valence-electron chi connectivity index (χ2n) is 6.47. The number of rotatable bonds is 7. The highest BCUT2D eigenvalue weighted by Crippen LogP contribution is 2.12. The summed E-state index contributed by atoms with van der Waals surface area (Å²) in [5.41, 5.74) is 3.02. The molecular weight excluding hydrogens is 344 g/mol. The summed E-state index contributed by atoms with van der Waals surface area (Å²) in [4.78, 5) is 20.6. The van der Waals surface area contributed by atoms with Gasteiger partial charge in [0.1, 0.15) is 5.82 Å². The average Bonchev–Trinajstić information content (AvgIpc) is 3.34. The van der Waals surface area contributed by atoms with Crippen LogP contribution in [0.1, 0.15) is 23.6 Å². The Morgan fingerprint density at radius 1 is 1.33 bits per heavy atom. The fraction of sp³-hybridized carbons (Fsp3) is 0.389. The van der Waals surface area contributed by atoms with Crippen molar-refractivity contribution < 1.29 is 4.79 Å². The van der Waals surface area contributed by atoms with E-state index in [2.05, 4.69) is 42.0 Å². The van der Waals surface area contributed by atoms with Crippen molar-refractivity contribution in [2.24, 2.45) is 0 Å². The van der Waals surface area contributed by atoms with Crippen molar-refractivity contribution in [3.8, 4) is 11.4 Å². The molecule has 1 amide bonds. The molecule has 3 N–H and O–H groups in total. The van der Waals surface area contributed by atoms with Gasteiger partial charge in [-0.3, -0.25) is 19.6 Å². The monoisotopic (exact) mass is 366 g/mol. The van der Waals surface area contributed by atoms with Crippen molar-refractivity contribution in [2.75, 3.05) is 13.1 Å². The van der Waals surface area contributed by atoms with E-state index in [0.29, 0.717) is 31.6 Å². The van der Waals surface area contributed by atoms with Gasteiger partial charge in [-0.1, -0.05) is 0 Å². The normalized spacial score (nSPS) is 13.3. The highest BCUT2D eigenvalue weighted by molar-refractivity contribution is 5.76. The van der Waals surface area contributed by atoms with Gasteiger partial charge in [-0.15, -0.1) is 0 Å². The molecular formula is C18H22N8O. The molecule has 0 unspecified atom stereocenters. The second kappa shape index (κ2) is 8.09. The lowest BCUT2D eigenvalue weighted by Gasteiger charge is -2.13. The zero-order valence-electron chi connectivity index (χ0n) is 15.0. The van der Waals surface area contributed by atoms with Gasteiger partial charge in [0.2, 0.25) is 5.91 Å². The molecule has 0 fully saturated rings. The number of carbonyl (C=O) groups excluding carboxylic acids is 1. The fourth-order valence-corrected chi connectivity index (χ4v) is 3.06. The number of fused-ring (bicyclic) bond motifs is 1. The van der Waals surface area contributed by atoms with Crippen LogP contribution >= 0.6 is 0 Å². The Bertz CT molecular complexity index is 878. The van der Waals surface area contributed by atoms with Gasteiger partial charge >= 0.3 is 0 Å². The van der Waals surface area contributed by atoms with Gasteiger partial charge in [-0.05, 0) is 18.2 Å². The maximum Gasteiger partial charge on any atom is 0.220 e. The van der Waals surface area contributed by atoms with Gasteiger partial charge in [0.25, 0.3) is 0 Å². The van der Waals surface area contributed by atoms with Crippen molar-refractivity contribution in [1.82, 2.24) is 40.6 Å². The second-order valence-corrected chi connectivity index (χ2v) is 6.47. The summed E-state index contributed by atoms with van der Waals surface area (Å²) >= 11 is 0. The Kier molecular flexibility index (Phi) is 5.20. The summed E-state index contributed by atoms with van der Waals surface area (Å²) in [6, 6.07) is 5.83. The van der Waals surface area contributed by atoms with E-state index in [1.54, 1.807) is 12.4 Å². The van der Waals surface area contributed by atoms with Gasteiger partial charge in [0.15, 0.2) is 5.82 Å². The first kappa shape index (κ1) is 17.3. The van der Waals surface area contributed by atoms with Crippen LogP contribution in [0.2, 0.25) is 0 Å². The number of hydrogen-bond acceptors (Lipinski definition) is 6. The lowest BCUT2D eigenvalue weighted by molar-refractivity contribution is -0.121. The Morgan fingerprint density at radius 3 is 3.15 bits per heavy atom. The minimum absolute atomic E-state index is 0.0195. The van der Waals surface area contributed by atoms with Crippen LogP contribution < -0.4 is 10.6 Å². The molecule has 0 aliphatic carbocycles. The van der Waals surface area contributed by atoms with Crippen molar-refractivity contribution in [3.63, 3.8) is 0 Å². The SMILES string of the molecule is O=C(CCc1cc2n(n1)CCNC2)NCCc1nc(-c2cccnc2)n[nH]1. The number of nitrogens with one attached hydrogen (secondary N) is 3. The standard InChI is InChI=1S/C18H22N8O/c27-17(4-3-14-10-15-12-20-8-9-26(15)25-14)21-7-5-16-22-18(24-23-16)13-2-1-6-19-11-13/h1-2,6,10-11,20H,3-5,7-9,12H2,(H,21,27)(H,22,23,24). The van der Waals surface area contributed by atoms with E-state index < -0.39 is 0 Å². The van der Waals surface area contributed by atoms with E-state index in [4.69, 9.17) is 0 Å². The van der Waals surface area contributed by atoms with Crippen LogP contribution in [-0.4, -0.2) is 48.9 Å². The molecule has 9 nitrogen and oxygen atoms in total. The maximum atomic E-state index is 12.1. The molecule has 1 aliphatic heterocycles. The summed E-state index contributed by atoms with van der Waals surface area (Å²) in [7, 11) is 0. The number of aromatic amines is 1. The van der Waals surface area contributed by atoms with Gasteiger partial charge in [0, 0.05) is 56.9 Å². The first-order chi connectivity index (χ1) is 13.3. The van der Waals surface area contributed by atoms with Crippen LogP contribution in [0.3, 0.4) is 0 Å². The van der Waals surface area contributed by atoms with Crippen molar-refractivity contribution in [1.29, 1.82) is 0 Å². The molecule has 27 heavy (non-hydrogen) atoms. The molecule has 4 heterocycles. The molecule has 1 aliphatic rings. The van der Waals surface area contributed by atoms with Crippen molar-refractivity contribution in [3.05, 3.63) is 47.8 Å². The van der Waals surface area contributed by atoms with Crippen LogP contribution in [0.15, 0.2) is 30.6 Å². The van der Waals surface area contributed by atoms with Gasteiger partial charge in [-0.2, -0.15) is 10.2 Å². The summed E-state index contributed by atoms with van der Waals surface area (Å²) in [5, 5.41) is 17.9. The predicted molar refractivity (Wildman–Crippen MR) is 98.6 cm³/mol. The lowest BCUT2D eigenvalue weighted by Crippen LogP contribution is -2.28. The Hall–Kier alpha value is -3.07. The number of aromatic nitrogens is 6. The third kappa shape index (κ3) is 4.37. The summed E-state index contributed by atoms with van der Waals surface area (Å²) in [6.45, 7) is 3.19. The molecule has 0 radical (unpaired) electrons. The first-order valence-electron chi connectivity index (χ1n) is 9.12. The summed E-state index contributed by atoms with van der Waals surface area (Å²) in [6.07, 6.45) is 5.12. The molecule has 0 atom stereocenters. The molecule has 0 saturated heterocycles. The highest BCUT2D eigenvalue weighted by Gasteiger charge is 2.12. The topological polar surface area (TPSA) is 113 Å². The third-order valence-electron chi connectivity index (χ3n) is 4.46. The summed E-state index contributed by atoms with van der Waals surface area (Å²) < 4.78 is 2.02. The number of amides is 1. The molecule has 140 valence electrons. The maximum absolute atomic E-state index is 12.1. The number of pyridine rings is 1. The summed E-state index contributed by atoms with van der Waals surface area (Å²) in [5.74, 6) is 1.37. The van der Waals surface area contributed by atoms with Crippen molar-refractivity contribution in [2.45, 2.75) is 32.4 Å². The van der Waals surface area contributed by atoms with Crippen LogP contribution in [0.25, 0.3) is 11.4 Å². The fourth-order valence-electron chi connectivity index (χ4n) is 3.06. The number of carbonyl (C=O) groups is 1. The molecule has 0 spiro atoms. The van der Waals surface area contributed by atoms with E-state index in [-0.39, 0.29) is 5.91 Å². The Balaban J connectivity index is 1.21. The Labute approximate surface area is 156 Å². The van der Waals surface area contributed by atoms with Gasteiger partial charge in [-0.25, -0.2) is 4.98 Å². The first-order valence-corrected chi connectivity index (χ1v) is 9.12. The van der Waals surface area contributed by atoms with E-state index in [1.165, 1.54) is 5.69 Å². The number of H-pyrrole nitrogens is 1. The van der Waals surface area contributed by atoms with E-state index in [1.807, 2.05) is 16.8 Å². The van der Waals surface area contributed by atoms with E-state index in [9.17, 15) is 4.79 Å². The molecule has 3 aromatic rings. The Morgan fingerprint density at radius 2 is 2.30 bits per heavy atom. The van der Waals surface area contributed by atoms with E-state index >= 15 is 0 Å². The van der Waals surface area contributed by atoms with Crippen LogP contribution in [0.4, 0.5) is 0 Å². The smallest absolute Gasteiger partial charge is 0.220 e. The van der Waals surface area contributed by atoms with Crippen molar-refractivity contribution >= 4 is 5.91 Å². The minimum Gasteiger partial charge on any atom is -0.356 e. The molecule has 3 aromatic heterocycles. The molecule has 0 aromatic carbocycles.